The van der Waals surface area contributed by atoms with Crippen molar-refractivity contribution in [2.45, 2.75) is 58.3 Å². The number of aryl methyl sites for hydroxylation is 1. The first-order valence-corrected chi connectivity index (χ1v) is 8.54. The number of carbonyl (C=O) groups is 1. The molecule has 0 bridgehead atoms. The summed E-state index contributed by atoms with van der Waals surface area (Å²) in [5.41, 5.74) is 1.67. The van der Waals surface area contributed by atoms with E-state index in [9.17, 15) is 4.79 Å². The van der Waals surface area contributed by atoms with Gasteiger partial charge in [-0.05, 0) is 58.1 Å². The van der Waals surface area contributed by atoms with Crippen molar-refractivity contribution in [2.75, 3.05) is 13.2 Å². The zero-order valence-corrected chi connectivity index (χ0v) is 15.1. The molecule has 2 fully saturated rings. The zero-order valence-electron chi connectivity index (χ0n) is 15.1. The molecule has 24 heavy (non-hydrogen) atoms. The van der Waals surface area contributed by atoms with E-state index in [0.29, 0.717) is 18.8 Å². The lowest BCUT2D eigenvalue weighted by atomic mass is 9.77. The summed E-state index contributed by atoms with van der Waals surface area (Å²) < 4.78 is 17.5. The Bertz CT molecular complexity index is 622. The molecule has 6 heteroatoms. The van der Waals surface area contributed by atoms with Crippen LogP contribution < -0.4 is 10.8 Å². The van der Waals surface area contributed by atoms with Crippen LogP contribution in [0.1, 0.15) is 50.0 Å². The number of rotatable bonds is 3. The van der Waals surface area contributed by atoms with Crippen LogP contribution >= 0.6 is 0 Å². The monoisotopic (exact) mass is 331 g/mol. The molecule has 0 aliphatic carbocycles. The van der Waals surface area contributed by atoms with Gasteiger partial charge in [0.2, 0.25) is 0 Å². The Balaban J connectivity index is 1.80. The summed E-state index contributed by atoms with van der Waals surface area (Å²) in [6.07, 6.45) is 0.863. The molecule has 0 saturated carbocycles. The van der Waals surface area contributed by atoms with Gasteiger partial charge in [0.05, 0.1) is 23.9 Å². The third kappa shape index (κ3) is 3.23. The van der Waals surface area contributed by atoms with E-state index in [0.717, 1.165) is 17.4 Å². The van der Waals surface area contributed by atoms with E-state index < -0.39 is 18.3 Å². The van der Waals surface area contributed by atoms with Gasteiger partial charge in [0.15, 0.2) is 0 Å². The average Bonchev–Trinajstić information content (AvgIpc) is 3.05. The number of nitrogens with one attached hydrogen (secondary N) is 1. The fourth-order valence-corrected chi connectivity index (χ4v) is 2.92. The molecular formula is C18H26BNO4. The highest BCUT2D eigenvalue weighted by Gasteiger charge is 2.51. The number of ether oxygens (including phenoxy) is 1. The van der Waals surface area contributed by atoms with Crippen LogP contribution in [-0.2, 0) is 14.0 Å². The summed E-state index contributed by atoms with van der Waals surface area (Å²) in [5, 5.41) is 3.04. The molecule has 0 spiro atoms. The largest absolute Gasteiger partial charge is 0.494 e. The molecule has 1 aromatic carbocycles. The van der Waals surface area contributed by atoms with Crippen LogP contribution in [0, 0.1) is 6.92 Å². The molecule has 0 aromatic heterocycles. The maximum absolute atomic E-state index is 12.6. The van der Waals surface area contributed by atoms with E-state index >= 15 is 0 Å². The molecule has 5 nitrogen and oxygen atoms in total. The van der Waals surface area contributed by atoms with Crippen molar-refractivity contribution in [2.24, 2.45) is 0 Å². The number of amides is 1. The van der Waals surface area contributed by atoms with E-state index in [2.05, 4.69) is 5.32 Å². The van der Waals surface area contributed by atoms with Gasteiger partial charge in [-0.2, -0.15) is 0 Å². The summed E-state index contributed by atoms with van der Waals surface area (Å²) in [7, 11) is -0.461. The normalized spacial score (nSPS) is 25.0. The smallest absolute Gasteiger partial charge is 0.399 e. The Hall–Kier alpha value is -1.37. The van der Waals surface area contributed by atoms with Crippen molar-refractivity contribution in [3.8, 4) is 0 Å². The second-order valence-corrected chi connectivity index (χ2v) is 7.70. The van der Waals surface area contributed by atoms with E-state index in [1.807, 2.05) is 52.8 Å². The molecule has 1 N–H and O–H groups in total. The van der Waals surface area contributed by atoms with Crippen LogP contribution in [0.5, 0.6) is 0 Å². The first kappa shape index (κ1) is 17.5. The molecule has 2 aliphatic rings. The Kier molecular flexibility index (Phi) is 4.49. The van der Waals surface area contributed by atoms with Crippen LogP contribution in [0.4, 0.5) is 0 Å². The Labute approximate surface area is 144 Å². The van der Waals surface area contributed by atoms with Gasteiger partial charge in [0.25, 0.3) is 5.91 Å². The van der Waals surface area contributed by atoms with Crippen LogP contribution in [0.25, 0.3) is 0 Å². The van der Waals surface area contributed by atoms with Gasteiger partial charge in [0, 0.05) is 12.2 Å². The van der Waals surface area contributed by atoms with E-state index in [1.165, 1.54) is 0 Å². The lowest BCUT2D eigenvalue weighted by molar-refractivity contribution is 0.00578. The molecule has 2 saturated heterocycles. The molecule has 1 aromatic rings. The first-order valence-electron chi connectivity index (χ1n) is 8.54. The number of benzene rings is 1. The van der Waals surface area contributed by atoms with Crippen molar-refractivity contribution in [1.29, 1.82) is 0 Å². The van der Waals surface area contributed by atoms with Crippen molar-refractivity contribution in [1.82, 2.24) is 5.32 Å². The first-order chi connectivity index (χ1) is 11.2. The molecule has 0 radical (unpaired) electrons. The number of carbonyl (C=O) groups excluding carboxylic acids is 1. The maximum Gasteiger partial charge on any atom is 0.494 e. The van der Waals surface area contributed by atoms with E-state index in [4.69, 9.17) is 14.0 Å². The highest BCUT2D eigenvalue weighted by atomic mass is 16.7. The van der Waals surface area contributed by atoms with Crippen LogP contribution in [0.3, 0.4) is 0 Å². The van der Waals surface area contributed by atoms with E-state index in [1.54, 1.807) is 0 Å². The van der Waals surface area contributed by atoms with Crippen LogP contribution in [0.2, 0.25) is 0 Å². The summed E-state index contributed by atoms with van der Waals surface area (Å²) in [4.78, 5) is 12.6. The zero-order chi connectivity index (χ0) is 17.5. The van der Waals surface area contributed by atoms with Crippen LogP contribution in [0.15, 0.2) is 18.2 Å². The van der Waals surface area contributed by atoms with Gasteiger partial charge in [-0.25, -0.2) is 0 Å². The van der Waals surface area contributed by atoms with E-state index in [-0.39, 0.29) is 11.9 Å². The Morgan fingerprint density at radius 2 is 1.88 bits per heavy atom. The predicted octanol–water partition coefficient (Wildman–Crippen LogP) is 1.81. The minimum Gasteiger partial charge on any atom is -0.399 e. The quantitative estimate of drug-likeness (QED) is 0.859. The lowest BCUT2D eigenvalue weighted by Gasteiger charge is -2.32. The third-order valence-electron chi connectivity index (χ3n) is 5.30. The van der Waals surface area contributed by atoms with Gasteiger partial charge in [0.1, 0.15) is 0 Å². The fraction of sp³-hybridized carbons (Fsp3) is 0.611. The third-order valence-corrected chi connectivity index (χ3v) is 5.30. The number of hydrogen-bond acceptors (Lipinski definition) is 4. The summed E-state index contributed by atoms with van der Waals surface area (Å²) in [6.45, 7) is 11.3. The standard InChI is InChI=1S/C18H26BNO4/c1-12-6-7-13(19-23-17(2,3)18(4,5)24-19)10-15(12)16(21)20-14-8-9-22-11-14/h6-7,10,14H,8-9,11H2,1-5H3,(H,20,21). The van der Waals surface area contributed by atoms with Gasteiger partial charge in [-0.15, -0.1) is 0 Å². The van der Waals surface area contributed by atoms with Crippen molar-refractivity contribution in [3.63, 3.8) is 0 Å². The molecule has 1 unspecified atom stereocenters. The minimum atomic E-state index is -0.461. The highest BCUT2D eigenvalue weighted by Crippen LogP contribution is 2.36. The summed E-state index contributed by atoms with van der Waals surface area (Å²) in [5.74, 6) is -0.0682. The van der Waals surface area contributed by atoms with Crippen molar-refractivity contribution < 1.29 is 18.8 Å². The average molecular weight is 331 g/mol. The minimum absolute atomic E-state index is 0.0682. The molecule has 1 amide bonds. The maximum atomic E-state index is 12.6. The van der Waals surface area contributed by atoms with Gasteiger partial charge < -0.3 is 19.4 Å². The van der Waals surface area contributed by atoms with Gasteiger partial charge >= 0.3 is 7.12 Å². The number of hydrogen-bond donors (Lipinski definition) is 1. The predicted molar refractivity (Wildman–Crippen MR) is 93.6 cm³/mol. The fourth-order valence-electron chi connectivity index (χ4n) is 2.92. The van der Waals surface area contributed by atoms with Crippen molar-refractivity contribution in [3.05, 3.63) is 29.3 Å². The molecule has 2 aliphatic heterocycles. The highest BCUT2D eigenvalue weighted by molar-refractivity contribution is 6.62. The van der Waals surface area contributed by atoms with Crippen molar-refractivity contribution >= 4 is 18.5 Å². The second kappa shape index (κ2) is 6.17. The molecule has 2 heterocycles. The Morgan fingerprint density at radius 1 is 1.21 bits per heavy atom. The molecule has 3 rings (SSSR count). The van der Waals surface area contributed by atoms with Crippen LogP contribution in [-0.4, -0.2) is 43.5 Å². The van der Waals surface area contributed by atoms with Gasteiger partial charge in [-0.1, -0.05) is 12.1 Å². The molecule has 1 atom stereocenters. The second-order valence-electron chi connectivity index (χ2n) is 7.70. The molecular weight excluding hydrogens is 305 g/mol. The lowest BCUT2D eigenvalue weighted by Crippen LogP contribution is -2.41. The summed E-state index contributed by atoms with van der Waals surface area (Å²) in [6, 6.07) is 5.88. The summed E-state index contributed by atoms with van der Waals surface area (Å²) >= 11 is 0. The topological polar surface area (TPSA) is 56.8 Å². The Morgan fingerprint density at radius 3 is 2.46 bits per heavy atom. The SMILES string of the molecule is Cc1ccc(B2OC(C)(C)C(C)(C)O2)cc1C(=O)NC1CCOC1. The van der Waals surface area contributed by atoms with Gasteiger partial charge in [-0.3, -0.25) is 4.79 Å². The molecule has 130 valence electrons.